The van der Waals surface area contributed by atoms with E-state index in [1.807, 2.05) is 0 Å². The minimum absolute atomic E-state index is 0.153. The maximum absolute atomic E-state index is 13.1. The number of benzene rings is 1. The maximum atomic E-state index is 13.1. The average molecular weight is 285 g/mol. The molecule has 1 aromatic carbocycles. The second-order valence-electron chi connectivity index (χ2n) is 4.13. The van der Waals surface area contributed by atoms with Crippen LogP contribution >= 0.6 is 0 Å². The maximum Gasteiger partial charge on any atom is 0.417 e. The molecule has 3 N–H and O–H groups in total. The third-order valence-electron chi connectivity index (χ3n) is 2.82. The van der Waals surface area contributed by atoms with E-state index in [0.717, 1.165) is 6.07 Å². The van der Waals surface area contributed by atoms with E-state index in [9.17, 15) is 18.0 Å². The first-order valence-corrected chi connectivity index (χ1v) is 5.44. The molecule has 0 atom stereocenters. The molecule has 8 heteroatoms. The molecule has 20 heavy (non-hydrogen) atoms. The van der Waals surface area contributed by atoms with Crippen LogP contribution in [0, 0.1) is 0 Å². The van der Waals surface area contributed by atoms with Crippen molar-refractivity contribution in [2.45, 2.75) is 6.18 Å². The number of aromatic nitrogens is 2. The highest BCUT2D eigenvalue weighted by Gasteiger charge is 2.35. The Bertz CT molecular complexity index is 677. The molecule has 2 rings (SSSR count). The number of nitrogen functional groups attached to an aromatic ring is 1. The zero-order chi connectivity index (χ0) is 15.1. The highest BCUT2D eigenvalue weighted by molar-refractivity contribution is 5.95. The molecule has 0 amide bonds. The molecule has 1 heterocycles. The van der Waals surface area contributed by atoms with Gasteiger partial charge >= 0.3 is 12.1 Å². The topological polar surface area (TPSA) is 81.1 Å². The molecule has 2 aromatic rings. The van der Waals surface area contributed by atoms with Crippen molar-refractivity contribution in [3.05, 3.63) is 35.5 Å². The van der Waals surface area contributed by atoms with Crippen LogP contribution in [-0.4, -0.2) is 20.9 Å². The van der Waals surface area contributed by atoms with Crippen LogP contribution in [0.5, 0.6) is 0 Å². The molecule has 0 bridgehead atoms. The number of hydrogen-bond donors (Lipinski definition) is 2. The number of nitrogens with two attached hydrogens (primary N) is 1. The van der Waals surface area contributed by atoms with Crippen molar-refractivity contribution < 1.29 is 23.1 Å². The summed E-state index contributed by atoms with van der Waals surface area (Å²) in [5.74, 6) is -1.39. The Hall–Kier alpha value is -2.51. The number of aryl methyl sites for hydroxylation is 1. The Morgan fingerprint density at radius 1 is 1.40 bits per heavy atom. The molecule has 0 unspecified atom stereocenters. The first kappa shape index (κ1) is 13.9. The first-order valence-electron chi connectivity index (χ1n) is 5.44. The van der Waals surface area contributed by atoms with Crippen LogP contribution in [0.2, 0.25) is 0 Å². The highest BCUT2D eigenvalue weighted by Crippen LogP contribution is 2.39. The van der Waals surface area contributed by atoms with E-state index in [2.05, 4.69) is 5.10 Å². The van der Waals surface area contributed by atoms with Gasteiger partial charge in [-0.3, -0.25) is 4.68 Å². The number of rotatable bonds is 2. The highest BCUT2D eigenvalue weighted by atomic mass is 19.4. The monoisotopic (exact) mass is 285 g/mol. The smallest absolute Gasteiger partial charge is 0.417 e. The molecule has 1 aromatic heterocycles. The Morgan fingerprint density at radius 2 is 2.05 bits per heavy atom. The van der Waals surface area contributed by atoms with E-state index in [4.69, 9.17) is 10.8 Å². The molecule has 0 spiro atoms. The van der Waals surface area contributed by atoms with Crippen LogP contribution in [0.1, 0.15) is 15.9 Å². The number of carbonyl (C=O) groups is 1. The number of alkyl halides is 3. The Balaban J connectivity index is 2.79. The van der Waals surface area contributed by atoms with Gasteiger partial charge in [0.1, 0.15) is 0 Å². The van der Waals surface area contributed by atoms with Gasteiger partial charge in [0.05, 0.1) is 16.8 Å². The lowest BCUT2D eigenvalue weighted by molar-refractivity contribution is -0.137. The van der Waals surface area contributed by atoms with Gasteiger partial charge < -0.3 is 10.8 Å². The van der Waals surface area contributed by atoms with Gasteiger partial charge in [-0.25, -0.2) is 4.79 Å². The fraction of sp³-hybridized carbons (Fsp3) is 0.167. The second kappa shape index (κ2) is 4.55. The molecular formula is C12H10F3N3O2. The zero-order valence-electron chi connectivity index (χ0n) is 10.3. The van der Waals surface area contributed by atoms with Gasteiger partial charge in [0.2, 0.25) is 0 Å². The number of carboxylic acid groups (broad SMARTS) is 1. The molecule has 0 aliphatic carbocycles. The molecule has 0 saturated carbocycles. The number of nitrogens with zero attached hydrogens (tertiary/aromatic N) is 2. The summed E-state index contributed by atoms with van der Waals surface area (Å²) >= 11 is 0. The fourth-order valence-corrected chi connectivity index (χ4v) is 1.89. The van der Waals surface area contributed by atoms with Gasteiger partial charge in [-0.2, -0.15) is 18.3 Å². The summed E-state index contributed by atoms with van der Waals surface area (Å²) in [7, 11) is 1.46. The molecule has 5 nitrogen and oxygen atoms in total. The average Bonchev–Trinajstić information content (AvgIpc) is 2.73. The summed E-state index contributed by atoms with van der Waals surface area (Å²) in [5.41, 5.74) is 3.44. The van der Waals surface area contributed by atoms with Crippen molar-refractivity contribution in [3.63, 3.8) is 0 Å². The third-order valence-corrected chi connectivity index (χ3v) is 2.82. The molecule has 106 valence electrons. The van der Waals surface area contributed by atoms with E-state index in [0.29, 0.717) is 6.07 Å². The van der Waals surface area contributed by atoms with Gasteiger partial charge in [0.25, 0.3) is 0 Å². The summed E-state index contributed by atoms with van der Waals surface area (Å²) in [6, 6.07) is 2.91. The number of anilines is 1. The van der Waals surface area contributed by atoms with Crippen LogP contribution in [0.15, 0.2) is 24.4 Å². The van der Waals surface area contributed by atoms with Crippen molar-refractivity contribution in [1.29, 1.82) is 0 Å². The molecule has 0 radical (unpaired) electrons. The van der Waals surface area contributed by atoms with Crippen LogP contribution in [0.25, 0.3) is 11.3 Å². The fourth-order valence-electron chi connectivity index (χ4n) is 1.89. The van der Waals surface area contributed by atoms with Crippen molar-refractivity contribution in [2.24, 2.45) is 7.05 Å². The molecule has 0 aliphatic heterocycles. The summed E-state index contributed by atoms with van der Waals surface area (Å²) in [6.07, 6.45) is -3.32. The van der Waals surface area contributed by atoms with E-state index in [1.54, 1.807) is 0 Å². The van der Waals surface area contributed by atoms with Crippen molar-refractivity contribution in [3.8, 4) is 11.3 Å². The van der Waals surface area contributed by atoms with Gasteiger partial charge in [-0.05, 0) is 18.2 Å². The molecule has 0 saturated heterocycles. The quantitative estimate of drug-likeness (QED) is 0.830. The van der Waals surface area contributed by atoms with E-state index >= 15 is 0 Å². The van der Waals surface area contributed by atoms with E-state index in [1.165, 1.54) is 24.0 Å². The third kappa shape index (κ3) is 2.31. The predicted octanol–water partition coefficient (Wildman–Crippen LogP) is 2.39. The van der Waals surface area contributed by atoms with E-state index < -0.39 is 23.4 Å². The number of hydrogen-bond acceptors (Lipinski definition) is 3. The zero-order valence-corrected chi connectivity index (χ0v) is 10.3. The lowest BCUT2D eigenvalue weighted by Gasteiger charge is -2.15. The van der Waals surface area contributed by atoms with Crippen LogP contribution in [0.4, 0.5) is 18.9 Å². The predicted molar refractivity (Wildman–Crippen MR) is 65.0 cm³/mol. The van der Waals surface area contributed by atoms with Crippen molar-refractivity contribution in [2.75, 3.05) is 5.73 Å². The van der Waals surface area contributed by atoms with Gasteiger partial charge in [-0.1, -0.05) is 0 Å². The molecule has 0 fully saturated rings. The minimum Gasteiger partial charge on any atom is -0.478 e. The van der Waals surface area contributed by atoms with Gasteiger partial charge in [0, 0.05) is 24.5 Å². The SMILES string of the molecule is Cn1nccc1-c1cc(C(=O)O)c(N)cc1C(F)(F)F. The van der Waals surface area contributed by atoms with E-state index in [-0.39, 0.29) is 16.8 Å². The lowest BCUT2D eigenvalue weighted by Crippen LogP contribution is -2.12. The van der Waals surface area contributed by atoms with Crippen molar-refractivity contribution >= 4 is 11.7 Å². The summed E-state index contributed by atoms with van der Waals surface area (Å²) < 4.78 is 40.4. The molecule has 0 aliphatic rings. The Kier molecular flexibility index (Phi) is 3.16. The largest absolute Gasteiger partial charge is 0.478 e. The van der Waals surface area contributed by atoms with Crippen LogP contribution < -0.4 is 5.73 Å². The lowest BCUT2D eigenvalue weighted by atomic mass is 9.99. The molecular weight excluding hydrogens is 275 g/mol. The normalized spacial score (nSPS) is 11.6. The number of aromatic carboxylic acids is 1. The minimum atomic E-state index is -4.65. The summed E-state index contributed by atoms with van der Waals surface area (Å²) in [5, 5.41) is 12.8. The number of carboxylic acids is 1. The Labute approximate surface area is 111 Å². The van der Waals surface area contributed by atoms with Crippen LogP contribution in [0.3, 0.4) is 0 Å². The second-order valence-corrected chi connectivity index (χ2v) is 4.13. The standard InChI is InChI=1S/C12H10F3N3O2/c1-18-10(2-3-17-18)6-4-7(11(19)20)9(16)5-8(6)12(13,14)15/h2-5H,16H2,1H3,(H,19,20). The van der Waals surface area contributed by atoms with Crippen molar-refractivity contribution in [1.82, 2.24) is 9.78 Å². The van der Waals surface area contributed by atoms with Crippen LogP contribution in [-0.2, 0) is 13.2 Å². The summed E-state index contributed by atoms with van der Waals surface area (Å²) in [6.45, 7) is 0. The summed E-state index contributed by atoms with van der Waals surface area (Å²) in [4.78, 5) is 11.0. The Morgan fingerprint density at radius 3 is 2.50 bits per heavy atom. The number of halogens is 3. The van der Waals surface area contributed by atoms with Gasteiger partial charge in [-0.15, -0.1) is 0 Å². The van der Waals surface area contributed by atoms with Gasteiger partial charge in [0.15, 0.2) is 0 Å². The first-order chi connectivity index (χ1) is 9.21.